The van der Waals surface area contributed by atoms with Gasteiger partial charge >= 0.3 is 6.09 Å². The third-order valence-electron chi connectivity index (χ3n) is 4.13. The predicted octanol–water partition coefficient (Wildman–Crippen LogP) is 2.77. The Morgan fingerprint density at radius 3 is 2.27 bits per heavy atom. The van der Waals surface area contributed by atoms with Gasteiger partial charge in [0.25, 0.3) is 5.91 Å². The van der Waals surface area contributed by atoms with Gasteiger partial charge in [-0.3, -0.25) is 9.59 Å². The highest BCUT2D eigenvalue weighted by atomic mass is 19.1. The molecule has 1 aromatic carbocycles. The molecule has 0 aromatic heterocycles. The van der Waals surface area contributed by atoms with Gasteiger partial charge in [0.2, 0.25) is 0 Å². The first-order chi connectivity index (χ1) is 12.2. The minimum absolute atomic E-state index is 0.0655. The van der Waals surface area contributed by atoms with Crippen LogP contribution in [0, 0.1) is 11.7 Å². The van der Waals surface area contributed by atoms with Crippen molar-refractivity contribution < 1.29 is 23.5 Å². The normalized spacial score (nSPS) is 15.5. The number of ether oxygens (including phenoxy) is 1. The van der Waals surface area contributed by atoms with Gasteiger partial charge in [-0.25, -0.2) is 9.18 Å². The zero-order chi connectivity index (χ0) is 19.3. The molecule has 0 saturated carbocycles. The van der Waals surface area contributed by atoms with Gasteiger partial charge in [0.1, 0.15) is 11.4 Å². The first kappa shape index (κ1) is 19.9. The number of amides is 2. The summed E-state index contributed by atoms with van der Waals surface area (Å²) in [6, 6.07) is 5.13. The number of rotatable bonds is 4. The molecular weight excluding hydrogens is 339 g/mol. The smallest absolute Gasteiger partial charge is 0.410 e. The standard InChI is InChI=1S/C19H25FN2O4/c1-19(2,3)26-18(25)22-10-8-13(9-11-22)16(23)12-21-17(24)14-4-6-15(20)7-5-14/h4-7,13H,8-12H2,1-3H3,(H,21,24). The number of piperidine rings is 1. The highest BCUT2D eigenvalue weighted by molar-refractivity contribution is 5.97. The van der Waals surface area contributed by atoms with Crippen LogP contribution in [-0.2, 0) is 9.53 Å². The molecule has 1 saturated heterocycles. The van der Waals surface area contributed by atoms with Crippen LogP contribution in [0.2, 0.25) is 0 Å². The highest BCUT2D eigenvalue weighted by Gasteiger charge is 2.29. The van der Waals surface area contributed by atoms with E-state index < -0.39 is 17.3 Å². The summed E-state index contributed by atoms with van der Waals surface area (Å²) in [7, 11) is 0. The number of ketones is 1. The molecule has 0 unspecified atom stereocenters. The quantitative estimate of drug-likeness (QED) is 0.891. The number of carbonyl (C=O) groups is 3. The van der Waals surface area contributed by atoms with Crippen molar-refractivity contribution in [2.75, 3.05) is 19.6 Å². The van der Waals surface area contributed by atoms with Gasteiger partial charge in [-0.2, -0.15) is 0 Å². The van der Waals surface area contributed by atoms with Crippen LogP contribution in [0.4, 0.5) is 9.18 Å². The molecule has 7 heteroatoms. The van der Waals surface area contributed by atoms with Gasteiger partial charge in [-0.1, -0.05) is 0 Å². The van der Waals surface area contributed by atoms with E-state index in [0.717, 1.165) is 0 Å². The first-order valence-corrected chi connectivity index (χ1v) is 8.70. The van der Waals surface area contributed by atoms with E-state index in [-0.39, 0.29) is 24.3 Å². The van der Waals surface area contributed by atoms with E-state index in [0.29, 0.717) is 31.5 Å². The topological polar surface area (TPSA) is 75.7 Å². The maximum atomic E-state index is 12.9. The van der Waals surface area contributed by atoms with Crippen molar-refractivity contribution in [3.05, 3.63) is 35.6 Å². The number of hydrogen-bond acceptors (Lipinski definition) is 4. The molecule has 0 bridgehead atoms. The van der Waals surface area contributed by atoms with Crippen LogP contribution in [0.15, 0.2) is 24.3 Å². The average Bonchev–Trinajstić information content (AvgIpc) is 2.58. The number of halogens is 1. The van der Waals surface area contributed by atoms with Gasteiger partial charge in [-0.15, -0.1) is 0 Å². The van der Waals surface area contributed by atoms with Crippen LogP contribution >= 0.6 is 0 Å². The Morgan fingerprint density at radius 1 is 1.15 bits per heavy atom. The third kappa shape index (κ3) is 5.82. The molecule has 0 atom stereocenters. The fourth-order valence-corrected chi connectivity index (χ4v) is 2.73. The molecule has 0 aliphatic carbocycles. The number of hydrogen-bond donors (Lipinski definition) is 1. The summed E-state index contributed by atoms with van der Waals surface area (Å²) < 4.78 is 18.2. The molecule has 142 valence electrons. The lowest BCUT2D eigenvalue weighted by Gasteiger charge is -2.32. The molecule has 1 heterocycles. The summed E-state index contributed by atoms with van der Waals surface area (Å²) in [4.78, 5) is 37.9. The van der Waals surface area contributed by atoms with Crippen molar-refractivity contribution in [3.63, 3.8) is 0 Å². The van der Waals surface area contributed by atoms with Crippen LogP contribution in [0.3, 0.4) is 0 Å². The number of benzene rings is 1. The van der Waals surface area contributed by atoms with E-state index in [2.05, 4.69) is 5.32 Å². The minimum atomic E-state index is -0.547. The molecule has 6 nitrogen and oxygen atoms in total. The highest BCUT2D eigenvalue weighted by Crippen LogP contribution is 2.20. The molecule has 1 fully saturated rings. The summed E-state index contributed by atoms with van der Waals surface area (Å²) in [5.74, 6) is -1.09. The number of nitrogens with one attached hydrogen (secondary N) is 1. The van der Waals surface area contributed by atoms with E-state index in [9.17, 15) is 18.8 Å². The summed E-state index contributed by atoms with van der Waals surface area (Å²) >= 11 is 0. The number of Topliss-reactive ketones (excluding diaryl/α,β-unsaturated/α-hetero) is 1. The van der Waals surface area contributed by atoms with E-state index in [4.69, 9.17) is 4.74 Å². The van der Waals surface area contributed by atoms with Crippen LogP contribution in [0.1, 0.15) is 44.0 Å². The molecule has 1 N–H and O–H groups in total. The van der Waals surface area contributed by atoms with Crippen molar-refractivity contribution >= 4 is 17.8 Å². The van der Waals surface area contributed by atoms with Gasteiger partial charge in [0, 0.05) is 24.6 Å². The number of likely N-dealkylation sites (tertiary alicyclic amines) is 1. The van der Waals surface area contributed by atoms with Crippen molar-refractivity contribution in [2.45, 2.75) is 39.2 Å². The molecular formula is C19H25FN2O4. The largest absolute Gasteiger partial charge is 0.444 e. The molecule has 1 aliphatic heterocycles. The van der Waals surface area contributed by atoms with Crippen molar-refractivity contribution in [2.24, 2.45) is 5.92 Å². The fourth-order valence-electron chi connectivity index (χ4n) is 2.73. The van der Waals surface area contributed by atoms with Gasteiger partial charge in [0.05, 0.1) is 6.54 Å². The Balaban J connectivity index is 1.77. The van der Waals surface area contributed by atoms with Gasteiger partial charge < -0.3 is 15.0 Å². The molecule has 26 heavy (non-hydrogen) atoms. The monoisotopic (exact) mass is 364 g/mol. The molecule has 0 radical (unpaired) electrons. The van der Waals surface area contributed by atoms with Crippen molar-refractivity contribution in [1.82, 2.24) is 10.2 Å². The first-order valence-electron chi connectivity index (χ1n) is 8.70. The van der Waals surface area contributed by atoms with Gasteiger partial charge in [-0.05, 0) is 57.9 Å². The maximum Gasteiger partial charge on any atom is 0.410 e. The molecule has 2 amide bonds. The van der Waals surface area contributed by atoms with E-state index >= 15 is 0 Å². The Bertz CT molecular complexity index is 659. The summed E-state index contributed by atoms with van der Waals surface area (Å²) in [6.45, 7) is 6.27. The molecule has 2 rings (SSSR count). The minimum Gasteiger partial charge on any atom is -0.444 e. The predicted molar refractivity (Wildman–Crippen MR) is 94.3 cm³/mol. The van der Waals surface area contributed by atoms with Crippen LogP contribution in [0.25, 0.3) is 0 Å². The summed E-state index contributed by atoms with van der Waals surface area (Å²) in [5.41, 5.74) is -0.243. The second-order valence-corrected chi connectivity index (χ2v) is 7.40. The Hall–Kier alpha value is -2.44. The Kier molecular flexibility index (Phi) is 6.34. The van der Waals surface area contributed by atoms with Gasteiger partial charge in [0.15, 0.2) is 5.78 Å². The van der Waals surface area contributed by atoms with Crippen LogP contribution in [-0.4, -0.2) is 47.9 Å². The van der Waals surface area contributed by atoms with E-state index in [1.54, 1.807) is 4.90 Å². The second kappa shape index (κ2) is 8.29. The number of carbonyl (C=O) groups excluding carboxylic acids is 3. The number of nitrogens with zero attached hydrogens (tertiary/aromatic N) is 1. The lowest BCUT2D eigenvalue weighted by molar-refractivity contribution is -0.123. The summed E-state index contributed by atoms with van der Waals surface area (Å²) in [5, 5.41) is 2.56. The lowest BCUT2D eigenvalue weighted by atomic mass is 9.92. The molecule has 0 spiro atoms. The molecule has 1 aliphatic rings. The zero-order valence-electron chi connectivity index (χ0n) is 15.4. The third-order valence-corrected chi connectivity index (χ3v) is 4.13. The fraction of sp³-hybridized carbons (Fsp3) is 0.526. The van der Waals surface area contributed by atoms with Crippen LogP contribution in [0.5, 0.6) is 0 Å². The lowest BCUT2D eigenvalue weighted by Crippen LogP contribution is -2.44. The Morgan fingerprint density at radius 2 is 1.73 bits per heavy atom. The van der Waals surface area contributed by atoms with E-state index in [1.165, 1.54) is 24.3 Å². The average molecular weight is 364 g/mol. The maximum absolute atomic E-state index is 12.9. The van der Waals surface area contributed by atoms with Crippen molar-refractivity contribution in [3.8, 4) is 0 Å². The van der Waals surface area contributed by atoms with Crippen LogP contribution < -0.4 is 5.32 Å². The second-order valence-electron chi connectivity index (χ2n) is 7.40. The SMILES string of the molecule is CC(C)(C)OC(=O)N1CCC(C(=O)CNC(=O)c2ccc(F)cc2)CC1. The summed E-state index contributed by atoms with van der Waals surface area (Å²) in [6.07, 6.45) is 0.725. The Labute approximate surface area is 152 Å². The van der Waals surface area contributed by atoms with E-state index in [1.807, 2.05) is 20.8 Å². The zero-order valence-corrected chi connectivity index (χ0v) is 15.4. The van der Waals surface area contributed by atoms with Crippen molar-refractivity contribution in [1.29, 1.82) is 0 Å². The molecule has 1 aromatic rings.